The van der Waals surface area contributed by atoms with Gasteiger partial charge in [-0.2, -0.15) is 5.10 Å². The van der Waals surface area contributed by atoms with E-state index in [1.54, 1.807) is 0 Å². The summed E-state index contributed by atoms with van der Waals surface area (Å²) in [6.45, 7) is 2.58. The smallest absolute Gasteiger partial charge is 0.0924 e. The summed E-state index contributed by atoms with van der Waals surface area (Å²) in [4.78, 5) is 0. The number of fused-ring (bicyclic) bond motifs is 1. The minimum absolute atomic E-state index is 0. The number of hydrogen-bond donors (Lipinski definition) is 2. The summed E-state index contributed by atoms with van der Waals surface area (Å²) in [5.74, 6) is 0. The van der Waals surface area contributed by atoms with Gasteiger partial charge >= 0.3 is 0 Å². The highest BCUT2D eigenvalue weighted by atomic mass is 35.5. The SMILES string of the molecule is Cc1ccc2n[nH]c(CN)c2c1.Cl. The number of hydrogen-bond acceptors (Lipinski definition) is 2. The van der Waals surface area contributed by atoms with Crippen molar-refractivity contribution in [1.29, 1.82) is 0 Å². The summed E-state index contributed by atoms with van der Waals surface area (Å²) >= 11 is 0. The first kappa shape index (κ1) is 10.0. The van der Waals surface area contributed by atoms with Crippen molar-refractivity contribution in [2.24, 2.45) is 5.73 Å². The molecule has 3 N–H and O–H groups in total. The summed E-state index contributed by atoms with van der Waals surface area (Å²) in [5.41, 5.74) is 8.77. The Morgan fingerprint density at radius 1 is 1.46 bits per heavy atom. The monoisotopic (exact) mass is 197 g/mol. The Kier molecular flexibility index (Phi) is 2.90. The molecule has 13 heavy (non-hydrogen) atoms. The van der Waals surface area contributed by atoms with Crippen LogP contribution in [0.1, 0.15) is 11.3 Å². The van der Waals surface area contributed by atoms with E-state index in [2.05, 4.69) is 23.2 Å². The largest absolute Gasteiger partial charge is 0.325 e. The van der Waals surface area contributed by atoms with Gasteiger partial charge < -0.3 is 5.73 Å². The summed E-state index contributed by atoms with van der Waals surface area (Å²) in [6, 6.07) is 6.14. The van der Waals surface area contributed by atoms with Crippen LogP contribution in [0.4, 0.5) is 0 Å². The fraction of sp³-hybridized carbons (Fsp3) is 0.222. The molecule has 1 heterocycles. The van der Waals surface area contributed by atoms with Crippen molar-refractivity contribution in [2.75, 3.05) is 0 Å². The van der Waals surface area contributed by atoms with Crippen molar-refractivity contribution in [1.82, 2.24) is 10.2 Å². The molecule has 2 aromatic rings. The molecule has 0 fully saturated rings. The highest BCUT2D eigenvalue weighted by molar-refractivity contribution is 5.85. The molecular weight excluding hydrogens is 186 g/mol. The third-order valence-corrected chi connectivity index (χ3v) is 1.99. The first-order valence-electron chi connectivity index (χ1n) is 3.95. The van der Waals surface area contributed by atoms with Crippen molar-refractivity contribution in [3.05, 3.63) is 29.5 Å². The Morgan fingerprint density at radius 3 is 2.92 bits per heavy atom. The minimum Gasteiger partial charge on any atom is -0.325 e. The quantitative estimate of drug-likeness (QED) is 0.732. The molecule has 3 nitrogen and oxygen atoms in total. The Morgan fingerprint density at radius 2 is 2.23 bits per heavy atom. The first-order chi connectivity index (χ1) is 5.81. The average molecular weight is 198 g/mol. The van der Waals surface area contributed by atoms with Gasteiger partial charge in [-0.1, -0.05) is 11.6 Å². The molecule has 0 aliphatic heterocycles. The maximum atomic E-state index is 5.54. The Balaban J connectivity index is 0.000000845. The summed E-state index contributed by atoms with van der Waals surface area (Å²) in [7, 11) is 0. The van der Waals surface area contributed by atoms with E-state index in [1.807, 2.05) is 12.1 Å². The molecule has 2 rings (SSSR count). The number of rotatable bonds is 1. The third-order valence-electron chi connectivity index (χ3n) is 1.99. The molecule has 1 aromatic heterocycles. The third kappa shape index (κ3) is 1.66. The minimum atomic E-state index is 0. The van der Waals surface area contributed by atoms with Gasteiger partial charge in [0.15, 0.2) is 0 Å². The van der Waals surface area contributed by atoms with Crippen molar-refractivity contribution >= 4 is 23.3 Å². The Labute approximate surface area is 82.7 Å². The van der Waals surface area contributed by atoms with E-state index in [-0.39, 0.29) is 12.4 Å². The van der Waals surface area contributed by atoms with Crippen molar-refractivity contribution in [3.8, 4) is 0 Å². The van der Waals surface area contributed by atoms with E-state index in [9.17, 15) is 0 Å². The zero-order valence-electron chi connectivity index (χ0n) is 7.37. The van der Waals surface area contributed by atoms with Gasteiger partial charge in [0.1, 0.15) is 0 Å². The van der Waals surface area contributed by atoms with Crippen LogP contribution in [-0.4, -0.2) is 10.2 Å². The summed E-state index contributed by atoms with van der Waals surface area (Å²) in [6.07, 6.45) is 0. The zero-order chi connectivity index (χ0) is 8.55. The maximum absolute atomic E-state index is 5.54. The highest BCUT2D eigenvalue weighted by Crippen LogP contribution is 2.16. The Bertz CT molecular complexity index is 408. The molecule has 0 atom stereocenters. The molecule has 0 saturated carbocycles. The number of nitrogens with two attached hydrogens (primary N) is 1. The van der Waals surface area contributed by atoms with Gasteiger partial charge in [-0.25, -0.2) is 0 Å². The van der Waals surface area contributed by atoms with Gasteiger partial charge in [-0.05, 0) is 19.1 Å². The van der Waals surface area contributed by atoms with Crippen LogP contribution in [0.15, 0.2) is 18.2 Å². The maximum Gasteiger partial charge on any atom is 0.0924 e. The number of aryl methyl sites for hydroxylation is 1. The van der Waals surface area contributed by atoms with Crippen molar-refractivity contribution in [3.63, 3.8) is 0 Å². The van der Waals surface area contributed by atoms with Crippen LogP contribution in [0.3, 0.4) is 0 Å². The second-order valence-electron chi connectivity index (χ2n) is 2.93. The van der Waals surface area contributed by atoms with Gasteiger partial charge in [0.05, 0.1) is 11.2 Å². The summed E-state index contributed by atoms with van der Waals surface area (Å²) in [5, 5.41) is 8.18. The molecule has 0 spiro atoms. The van der Waals surface area contributed by atoms with E-state index in [4.69, 9.17) is 5.73 Å². The lowest BCUT2D eigenvalue weighted by atomic mass is 10.1. The van der Waals surface area contributed by atoms with E-state index in [1.165, 1.54) is 5.56 Å². The fourth-order valence-corrected chi connectivity index (χ4v) is 1.33. The van der Waals surface area contributed by atoms with Crippen LogP contribution in [0, 0.1) is 6.92 Å². The van der Waals surface area contributed by atoms with E-state index >= 15 is 0 Å². The second kappa shape index (κ2) is 3.77. The predicted molar refractivity (Wildman–Crippen MR) is 56.0 cm³/mol. The number of H-pyrrole nitrogens is 1. The molecule has 0 aliphatic carbocycles. The van der Waals surface area contributed by atoms with E-state index in [0.29, 0.717) is 6.54 Å². The van der Waals surface area contributed by atoms with Crippen molar-refractivity contribution in [2.45, 2.75) is 13.5 Å². The lowest BCUT2D eigenvalue weighted by Crippen LogP contribution is -1.96. The average Bonchev–Trinajstić information content (AvgIpc) is 2.46. The standard InChI is InChI=1S/C9H11N3.ClH/c1-6-2-3-8-7(4-6)9(5-10)12-11-8;/h2-4H,5,10H2,1H3,(H,11,12);1H. The molecular formula is C9H12ClN3. The van der Waals surface area contributed by atoms with Gasteiger partial charge in [0, 0.05) is 11.9 Å². The molecule has 0 bridgehead atoms. The molecule has 70 valence electrons. The number of benzene rings is 1. The lowest BCUT2D eigenvalue weighted by molar-refractivity contribution is 0.959. The van der Waals surface area contributed by atoms with Gasteiger partial charge in [0.2, 0.25) is 0 Å². The van der Waals surface area contributed by atoms with Gasteiger partial charge in [-0.15, -0.1) is 12.4 Å². The topological polar surface area (TPSA) is 54.7 Å². The molecule has 0 aliphatic rings. The molecule has 4 heteroatoms. The molecule has 0 radical (unpaired) electrons. The molecule has 0 saturated heterocycles. The number of aromatic nitrogens is 2. The van der Waals surface area contributed by atoms with Gasteiger partial charge in [-0.3, -0.25) is 5.10 Å². The predicted octanol–water partition coefficient (Wildman–Crippen LogP) is 1.75. The van der Waals surface area contributed by atoms with Crippen LogP contribution in [0.2, 0.25) is 0 Å². The van der Waals surface area contributed by atoms with Gasteiger partial charge in [0.25, 0.3) is 0 Å². The molecule has 0 unspecified atom stereocenters. The number of aromatic amines is 1. The van der Waals surface area contributed by atoms with Crippen LogP contribution >= 0.6 is 12.4 Å². The fourth-order valence-electron chi connectivity index (χ4n) is 1.33. The second-order valence-corrected chi connectivity index (χ2v) is 2.93. The van der Waals surface area contributed by atoms with Crippen molar-refractivity contribution < 1.29 is 0 Å². The molecule has 1 aromatic carbocycles. The van der Waals surface area contributed by atoms with Crippen LogP contribution in [-0.2, 0) is 6.54 Å². The zero-order valence-corrected chi connectivity index (χ0v) is 8.19. The number of nitrogens with zero attached hydrogens (tertiary/aromatic N) is 1. The molecule has 0 amide bonds. The normalized spacial score (nSPS) is 10.0. The van der Waals surface area contributed by atoms with E-state index < -0.39 is 0 Å². The Hall–Kier alpha value is -1.06. The number of nitrogens with one attached hydrogen (secondary N) is 1. The van der Waals surface area contributed by atoms with E-state index in [0.717, 1.165) is 16.6 Å². The first-order valence-corrected chi connectivity index (χ1v) is 3.95. The lowest BCUT2D eigenvalue weighted by Gasteiger charge is -1.93. The number of halogens is 1. The van der Waals surface area contributed by atoms with Crippen LogP contribution in [0.25, 0.3) is 10.9 Å². The van der Waals surface area contributed by atoms with Crippen LogP contribution < -0.4 is 5.73 Å². The van der Waals surface area contributed by atoms with Crippen LogP contribution in [0.5, 0.6) is 0 Å². The summed E-state index contributed by atoms with van der Waals surface area (Å²) < 4.78 is 0. The highest BCUT2D eigenvalue weighted by Gasteiger charge is 2.02.